The lowest BCUT2D eigenvalue weighted by atomic mass is 10.1. The van der Waals surface area contributed by atoms with Crippen LogP contribution in [0.2, 0.25) is 0 Å². The number of carboxylic acid groups (broad SMARTS) is 1. The second-order valence-electron chi connectivity index (χ2n) is 6.78. The maximum Gasteiger partial charge on any atom is 0.335 e. The summed E-state index contributed by atoms with van der Waals surface area (Å²) in [6.07, 6.45) is 0. The number of halogens is 1. The Hall–Kier alpha value is -3.52. The zero-order valence-electron chi connectivity index (χ0n) is 17.4. The molecule has 0 radical (unpaired) electrons. The van der Waals surface area contributed by atoms with E-state index in [2.05, 4.69) is 26.6 Å². The van der Waals surface area contributed by atoms with Crippen LogP contribution < -0.4 is 20.1 Å². The van der Waals surface area contributed by atoms with Crippen LogP contribution in [0.25, 0.3) is 0 Å². The molecular weight excluding hydrogens is 476 g/mol. The Morgan fingerprint density at radius 1 is 0.969 bits per heavy atom. The quantitative estimate of drug-likeness (QED) is 0.356. The Bertz CT molecular complexity index is 1090. The lowest BCUT2D eigenvalue weighted by Gasteiger charge is -2.16. The van der Waals surface area contributed by atoms with Crippen LogP contribution in [0.15, 0.2) is 71.2 Å². The number of para-hydroxylation sites is 1. The van der Waals surface area contributed by atoms with Crippen molar-refractivity contribution < 1.29 is 24.2 Å². The molecule has 3 aromatic carbocycles. The first-order valence-electron chi connectivity index (χ1n) is 9.96. The summed E-state index contributed by atoms with van der Waals surface area (Å²) in [5.74, 6) is -0.320. The number of anilines is 2. The van der Waals surface area contributed by atoms with E-state index >= 15 is 0 Å². The fourth-order valence-electron chi connectivity index (χ4n) is 2.95. The van der Waals surface area contributed by atoms with E-state index in [9.17, 15) is 9.59 Å². The average Bonchev–Trinajstić information content (AvgIpc) is 2.78. The highest BCUT2D eigenvalue weighted by molar-refractivity contribution is 9.10. The van der Waals surface area contributed by atoms with E-state index in [0.29, 0.717) is 40.5 Å². The summed E-state index contributed by atoms with van der Waals surface area (Å²) in [4.78, 5) is 23.4. The largest absolute Gasteiger partial charge is 0.490 e. The van der Waals surface area contributed by atoms with Gasteiger partial charge in [-0.1, -0.05) is 24.3 Å². The van der Waals surface area contributed by atoms with E-state index in [4.69, 9.17) is 14.6 Å². The molecule has 3 aromatic rings. The Labute approximate surface area is 194 Å². The summed E-state index contributed by atoms with van der Waals surface area (Å²) in [5, 5.41) is 15.1. The summed E-state index contributed by atoms with van der Waals surface area (Å²) < 4.78 is 12.1. The first kappa shape index (κ1) is 23.1. The van der Waals surface area contributed by atoms with Gasteiger partial charge in [0.1, 0.15) is 0 Å². The molecule has 3 rings (SSSR count). The molecule has 0 aliphatic carbocycles. The zero-order chi connectivity index (χ0) is 22.9. The molecule has 0 heterocycles. The van der Waals surface area contributed by atoms with E-state index in [1.165, 1.54) is 6.07 Å². The topological polar surface area (TPSA) is 96.9 Å². The van der Waals surface area contributed by atoms with Gasteiger partial charge < -0.3 is 25.2 Å². The number of carbonyl (C=O) groups is 2. The normalized spacial score (nSPS) is 10.3. The number of benzene rings is 3. The number of amides is 1. The van der Waals surface area contributed by atoms with Gasteiger partial charge in [0.15, 0.2) is 18.1 Å². The SMILES string of the molecule is CCOc1cc(CNc2cccc(C(=O)O)c2)cc(Br)c1OCC(=O)Nc1ccccc1. The van der Waals surface area contributed by atoms with E-state index in [1.54, 1.807) is 30.3 Å². The van der Waals surface area contributed by atoms with Gasteiger partial charge in [0.2, 0.25) is 0 Å². The Morgan fingerprint density at radius 3 is 2.44 bits per heavy atom. The second-order valence-corrected chi connectivity index (χ2v) is 7.63. The summed E-state index contributed by atoms with van der Waals surface area (Å²) in [5.41, 5.74) is 2.49. The van der Waals surface area contributed by atoms with Crippen molar-refractivity contribution in [1.82, 2.24) is 0 Å². The average molecular weight is 499 g/mol. The summed E-state index contributed by atoms with van der Waals surface area (Å²) in [6, 6.07) is 19.4. The predicted octanol–water partition coefficient (Wildman–Crippen LogP) is 5.18. The van der Waals surface area contributed by atoms with Gasteiger partial charge in [-0.2, -0.15) is 0 Å². The Morgan fingerprint density at radius 2 is 1.72 bits per heavy atom. The van der Waals surface area contributed by atoms with Gasteiger partial charge in [0, 0.05) is 17.9 Å². The van der Waals surface area contributed by atoms with E-state index in [-0.39, 0.29) is 18.1 Å². The van der Waals surface area contributed by atoms with Crippen LogP contribution in [0, 0.1) is 0 Å². The molecule has 0 aliphatic rings. The van der Waals surface area contributed by atoms with Gasteiger partial charge in [-0.05, 0) is 70.9 Å². The van der Waals surface area contributed by atoms with E-state index < -0.39 is 5.97 Å². The van der Waals surface area contributed by atoms with Crippen LogP contribution in [-0.2, 0) is 11.3 Å². The van der Waals surface area contributed by atoms with Crippen molar-refractivity contribution in [2.45, 2.75) is 13.5 Å². The number of ether oxygens (including phenoxy) is 2. The standard InChI is InChI=1S/C24H23BrN2O5/c1-2-31-21-12-16(14-26-19-10-6-7-17(13-19)24(29)30)11-20(25)23(21)32-15-22(28)27-18-8-4-3-5-9-18/h3-13,26H,2,14-15H2,1H3,(H,27,28)(H,29,30). The van der Waals surface area contributed by atoms with Gasteiger partial charge in [-0.25, -0.2) is 4.79 Å². The molecule has 8 heteroatoms. The molecule has 1 amide bonds. The zero-order valence-corrected chi connectivity index (χ0v) is 19.0. The number of carbonyl (C=O) groups excluding carboxylic acids is 1. The van der Waals surface area contributed by atoms with Crippen molar-refractivity contribution in [2.75, 3.05) is 23.8 Å². The maximum atomic E-state index is 12.2. The molecule has 0 atom stereocenters. The van der Waals surface area contributed by atoms with E-state index in [0.717, 1.165) is 5.56 Å². The number of rotatable bonds is 10. The van der Waals surface area contributed by atoms with E-state index in [1.807, 2.05) is 37.3 Å². The Kier molecular flexibility index (Phi) is 8.10. The first-order chi connectivity index (χ1) is 15.5. The second kappa shape index (κ2) is 11.2. The molecular formula is C24H23BrN2O5. The fraction of sp³-hybridized carbons (Fsp3) is 0.167. The lowest BCUT2D eigenvalue weighted by molar-refractivity contribution is -0.118. The minimum Gasteiger partial charge on any atom is -0.490 e. The predicted molar refractivity (Wildman–Crippen MR) is 127 cm³/mol. The van der Waals surface area contributed by atoms with Crippen molar-refractivity contribution in [3.63, 3.8) is 0 Å². The van der Waals surface area contributed by atoms with Gasteiger partial charge in [-0.3, -0.25) is 4.79 Å². The summed E-state index contributed by atoms with van der Waals surface area (Å²) >= 11 is 3.50. The minimum atomic E-state index is -0.979. The Balaban J connectivity index is 1.68. The van der Waals surface area contributed by atoms with Crippen LogP contribution >= 0.6 is 15.9 Å². The lowest BCUT2D eigenvalue weighted by Crippen LogP contribution is -2.20. The molecule has 166 valence electrons. The molecule has 0 bridgehead atoms. The molecule has 0 aliphatic heterocycles. The number of nitrogens with one attached hydrogen (secondary N) is 2. The fourth-order valence-corrected chi connectivity index (χ4v) is 3.55. The van der Waals surface area contributed by atoms with Crippen LogP contribution in [0.4, 0.5) is 11.4 Å². The van der Waals surface area contributed by atoms with Crippen molar-refractivity contribution in [3.8, 4) is 11.5 Å². The summed E-state index contributed by atoms with van der Waals surface area (Å²) in [6.45, 7) is 2.56. The maximum absolute atomic E-state index is 12.2. The first-order valence-corrected chi connectivity index (χ1v) is 10.8. The van der Waals surface area contributed by atoms with Crippen molar-refractivity contribution in [1.29, 1.82) is 0 Å². The highest BCUT2D eigenvalue weighted by Gasteiger charge is 2.14. The molecule has 0 fully saturated rings. The van der Waals surface area contributed by atoms with Gasteiger partial charge in [0.25, 0.3) is 5.91 Å². The van der Waals surface area contributed by atoms with Gasteiger partial charge >= 0.3 is 5.97 Å². The molecule has 0 spiro atoms. The monoisotopic (exact) mass is 498 g/mol. The summed E-state index contributed by atoms with van der Waals surface area (Å²) in [7, 11) is 0. The highest BCUT2D eigenvalue weighted by atomic mass is 79.9. The molecule has 0 saturated heterocycles. The number of hydrogen-bond donors (Lipinski definition) is 3. The number of carboxylic acids is 1. The minimum absolute atomic E-state index is 0.173. The third kappa shape index (κ3) is 6.49. The van der Waals surface area contributed by atoms with Crippen molar-refractivity contribution >= 4 is 39.2 Å². The number of aromatic carboxylic acids is 1. The van der Waals surface area contributed by atoms with Crippen LogP contribution in [0.5, 0.6) is 11.5 Å². The molecule has 3 N–H and O–H groups in total. The molecule has 0 saturated carbocycles. The highest BCUT2D eigenvalue weighted by Crippen LogP contribution is 2.37. The smallest absolute Gasteiger partial charge is 0.335 e. The van der Waals surface area contributed by atoms with Crippen molar-refractivity contribution in [3.05, 3.63) is 82.3 Å². The molecule has 7 nitrogen and oxygen atoms in total. The van der Waals surface area contributed by atoms with Crippen molar-refractivity contribution in [2.24, 2.45) is 0 Å². The van der Waals surface area contributed by atoms with Crippen LogP contribution in [0.1, 0.15) is 22.8 Å². The molecule has 0 unspecified atom stereocenters. The van der Waals surface area contributed by atoms with Gasteiger partial charge in [0.05, 0.1) is 16.6 Å². The molecule has 32 heavy (non-hydrogen) atoms. The van der Waals surface area contributed by atoms with Gasteiger partial charge in [-0.15, -0.1) is 0 Å². The third-order valence-electron chi connectivity index (χ3n) is 4.38. The van der Waals surface area contributed by atoms with Crippen LogP contribution in [-0.4, -0.2) is 30.2 Å². The molecule has 0 aromatic heterocycles. The number of hydrogen-bond acceptors (Lipinski definition) is 5. The third-order valence-corrected chi connectivity index (χ3v) is 4.97. The van der Waals surface area contributed by atoms with Crippen LogP contribution in [0.3, 0.4) is 0 Å².